The number of hydrogen-bond acceptors (Lipinski definition) is 3. The molecule has 2 atom stereocenters. The van der Waals surface area contributed by atoms with Gasteiger partial charge in [0.25, 0.3) is 0 Å². The first-order chi connectivity index (χ1) is 9.74. The van der Waals surface area contributed by atoms with Crippen molar-refractivity contribution >= 4 is 17.7 Å². The highest BCUT2D eigenvalue weighted by Crippen LogP contribution is 2.32. The average molecular weight is 291 g/mol. The Morgan fingerprint density at radius 2 is 2.05 bits per heavy atom. The highest BCUT2D eigenvalue weighted by atomic mass is 32.2. The molecule has 20 heavy (non-hydrogen) atoms. The standard InChI is InChI=1S/C16H21NO2S/c18-14-10-12-3-1-2-4-13(12)16(14)17-15(19)9-11-5-7-20-8-6-11/h1-4,11,14,16,18H,5-10H2,(H,17,19). The largest absolute Gasteiger partial charge is 0.390 e. The summed E-state index contributed by atoms with van der Waals surface area (Å²) in [4.78, 5) is 12.2. The van der Waals surface area contributed by atoms with Crippen molar-refractivity contribution in [2.24, 2.45) is 5.92 Å². The Morgan fingerprint density at radius 3 is 2.85 bits per heavy atom. The number of thioether (sulfide) groups is 1. The first-order valence-electron chi connectivity index (χ1n) is 7.37. The molecule has 1 heterocycles. The Bertz CT molecular complexity index is 485. The molecule has 1 fully saturated rings. The quantitative estimate of drug-likeness (QED) is 0.898. The molecule has 1 aromatic rings. The number of benzene rings is 1. The molecule has 1 aliphatic carbocycles. The van der Waals surface area contributed by atoms with Crippen LogP contribution in [0.2, 0.25) is 0 Å². The molecule has 1 aromatic carbocycles. The molecule has 1 amide bonds. The van der Waals surface area contributed by atoms with Gasteiger partial charge in [0.05, 0.1) is 12.1 Å². The zero-order chi connectivity index (χ0) is 13.9. The topological polar surface area (TPSA) is 49.3 Å². The summed E-state index contributed by atoms with van der Waals surface area (Å²) in [5.41, 5.74) is 2.23. The molecule has 0 spiro atoms. The molecule has 0 bridgehead atoms. The molecule has 2 aliphatic rings. The highest BCUT2D eigenvalue weighted by Gasteiger charge is 2.32. The van der Waals surface area contributed by atoms with Gasteiger partial charge in [0.2, 0.25) is 5.91 Å². The lowest BCUT2D eigenvalue weighted by Crippen LogP contribution is -2.35. The normalized spacial score (nSPS) is 26.2. The molecule has 1 aliphatic heterocycles. The first-order valence-corrected chi connectivity index (χ1v) is 8.52. The number of fused-ring (bicyclic) bond motifs is 1. The Labute approximate surface area is 124 Å². The third kappa shape index (κ3) is 3.01. The van der Waals surface area contributed by atoms with Crippen LogP contribution in [0.4, 0.5) is 0 Å². The van der Waals surface area contributed by atoms with E-state index in [0.717, 1.165) is 24.0 Å². The number of rotatable bonds is 3. The van der Waals surface area contributed by atoms with E-state index in [2.05, 4.69) is 5.32 Å². The summed E-state index contributed by atoms with van der Waals surface area (Å²) >= 11 is 1.98. The third-order valence-corrected chi connectivity index (χ3v) is 5.38. The summed E-state index contributed by atoms with van der Waals surface area (Å²) in [7, 11) is 0. The van der Waals surface area contributed by atoms with E-state index >= 15 is 0 Å². The van der Waals surface area contributed by atoms with Gasteiger partial charge < -0.3 is 10.4 Å². The number of carbonyl (C=O) groups excluding carboxylic acids is 1. The molecular formula is C16H21NO2S. The number of aliphatic hydroxyl groups excluding tert-OH is 1. The number of nitrogens with one attached hydrogen (secondary N) is 1. The van der Waals surface area contributed by atoms with Gasteiger partial charge in [-0.15, -0.1) is 0 Å². The molecule has 1 saturated heterocycles. The average Bonchev–Trinajstić information content (AvgIpc) is 2.76. The second kappa shape index (κ2) is 6.19. The SMILES string of the molecule is O=C(CC1CCSCC1)NC1c2ccccc2CC1O. The molecule has 108 valence electrons. The fourth-order valence-electron chi connectivity index (χ4n) is 3.19. The van der Waals surface area contributed by atoms with Crippen LogP contribution in [0.5, 0.6) is 0 Å². The highest BCUT2D eigenvalue weighted by molar-refractivity contribution is 7.99. The van der Waals surface area contributed by atoms with Gasteiger partial charge in [-0.05, 0) is 41.4 Å². The molecule has 0 radical (unpaired) electrons. The zero-order valence-corrected chi connectivity index (χ0v) is 12.4. The van der Waals surface area contributed by atoms with Crippen molar-refractivity contribution in [2.45, 2.75) is 37.8 Å². The number of carbonyl (C=O) groups is 1. The fraction of sp³-hybridized carbons (Fsp3) is 0.562. The number of amides is 1. The van der Waals surface area contributed by atoms with E-state index in [9.17, 15) is 9.90 Å². The van der Waals surface area contributed by atoms with E-state index in [1.54, 1.807) is 0 Å². The van der Waals surface area contributed by atoms with Crippen LogP contribution in [0.3, 0.4) is 0 Å². The van der Waals surface area contributed by atoms with Crippen LogP contribution in [-0.4, -0.2) is 28.6 Å². The van der Waals surface area contributed by atoms with Crippen LogP contribution in [0.15, 0.2) is 24.3 Å². The monoisotopic (exact) mass is 291 g/mol. The summed E-state index contributed by atoms with van der Waals surface area (Å²) in [6, 6.07) is 7.76. The summed E-state index contributed by atoms with van der Waals surface area (Å²) in [6.07, 6.45) is 3.04. The summed E-state index contributed by atoms with van der Waals surface area (Å²) < 4.78 is 0. The van der Waals surface area contributed by atoms with Gasteiger partial charge in [-0.3, -0.25) is 4.79 Å². The van der Waals surface area contributed by atoms with Crippen LogP contribution in [-0.2, 0) is 11.2 Å². The van der Waals surface area contributed by atoms with Crippen molar-refractivity contribution in [1.29, 1.82) is 0 Å². The molecule has 3 rings (SSSR count). The molecule has 0 aromatic heterocycles. The predicted molar refractivity (Wildman–Crippen MR) is 81.7 cm³/mol. The fourth-order valence-corrected chi connectivity index (χ4v) is 4.40. The second-order valence-corrected chi connectivity index (χ2v) is 7.00. The minimum absolute atomic E-state index is 0.0858. The van der Waals surface area contributed by atoms with Crippen molar-refractivity contribution in [3.63, 3.8) is 0 Å². The Morgan fingerprint density at radius 1 is 1.30 bits per heavy atom. The number of aliphatic hydroxyl groups is 1. The van der Waals surface area contributed by atoms with Crippen molar-refractivity contribution in [1.82, 2.24) is 5.32 Å². The Hall–Kier alpha value is -1.00. The third-order valence-electron chi connectivity index (χ3n) is 4.34. The summed E-state index contributed by atoms with van der Waals surface area (Å²) in [5, 5.41) is 13.2. The van der Waals surface area contributed by atoms with E-state index in [1.807, 2.05) is 36.0 Å². The van der Waals surface area contributed by atoms with Gasteiger partial charge in [0.1, 0.15) is 0 Å². The minimum atomic E-state index is -0.488. The van der Waals surface area contributed by atoms with Crippen LogP contribution in [0, 0.1) is 5.92 Å². The number of hydrogen-bond donors (Lipinski definition) is 2. The van der Waals surface area contributed by atoms with Crippen molar-refractivity contribution < 1.29 is 9.90 Å². The van der Waals surface area contributed by atoms with Gasteiger partial charge in [-0.25, -0.2) is 0 Å². The first kappa shape index (κ1) is 14.0. The van der Waals surface area contributed by atoms with Gasteiger partial charge in [0.15, 0.2) is 0 Å². The second-order valence-electron chi connectivity index (χ2n) is 5.78. The van der Waals surface area contributed by atoms with E-state index in [1.165, 1.54) is 11.5 Å². The lowest BCUT2D eigenvalue weighted by Gasteiger charge is -2.23. The van der Waals surface area contributed by atoms with E-state index in [0.29, 0.717) is 18.8 Å². The van der Waals surface area contributed by atoms with E-state index in [4.69, 9.17) is 0 Å². The van der Waals surface area contributed by atoms with E-state index in [-0.39, 0.29) is 11.9 Å². The molecule has 2 unspecified atom stereocenters. The lowest BCUT2D eigenvalue weighted by molar-refractivity contribution is -0.123. The molecule has 2 N–H and O–H groups in total. The van der Waals surface area contributed by atoms with Crippen molar-refractivity contribution in [3.05, 3.63) is 35.4 Å². The van der Waals surface area contributed by atoms with Crippen LogP contribution < -0.4 is 5.32 Å². The maximum absolute atomic E-state index is 12.2. The zero-order valence-electron chi connectivity index (χ0n) is 11.5. The van der Waals surface area contributed by atoms with Gasteiger partial charge in [-0.2, -0.15) is 11.8 Å². The van der Waals surface area contributed by atoms with Crippen LogP contribution >= 0.6 is 11.8 Å². The maximum atomic E-state index is 12.2. The Kier molecular flexibility index (Phi) is 4.32. The van der Waals surface area contributed by atoms with Crippen molar-refractivity contribution in [2.75, 3.05) is 11.5 Å². The molecule has 3 nitrogen and oxygen atoms in total. The van der Waals surface area contributed by atoms with Gasteiger partial charge in [0, 0.05) is 12.8 Å². The predicted octanol–water partition coefficient (Wildman–Crippen LogP) is 2.29. The lowest BCUT2D eigenvalue weighted by atomic mass is 9.98. The van der Waals surface area contributed by atoms with Crippen LogP contribution in [0.25, 0.3) is 0 Å². The minimum Gasteiger partial charge on any atom is -0.390 e. The van der Waals surface area contributed by atoms with Gasteiger partial charge >= 0.3 is 0 Å². The molecule has 4 heteroatoms. The van der Waals surface area contributed by atoms with Crippen LogP contribution in [0.1, 0.15) is 36.4 Å². The van der Waals surface area contributed by atoms with Gasteiger partial charge in [-0.1, -0.05) is 24.3 Å². The summed E-state index contributed by atoms with van der Waals surface area (Å²) in [6.45, 7) is 0. The van der Waals surface area contributed by atoms with Crippen molar-refractivity contribution in [3.8, 4) is 0 Å². The Balaban J connectivity index is 1.61. The van der Waals surface area contributed by atoms with E-state index < -0.39 is 6.10 Å². The molecule has 0 saturated carbocycles. The smallest absolute Gasteiger partial charge is 0.220 e. The summed E-state index contributed by atoms with van der Waals surface area (Å²) in [5.74, 6) is 2.95. The molecular weight excluding hydrogens is 270 g/mol. The maximum Gasteiger partial charge on any atom is 0.220 e.